The summed E-state index contributed by atoms with van der Waals surface area (Å²) in [5.74, 6) is -0.573. The lowest BCUT2D eigenvalue weighted by atomic mass is 9.95. The molecule has 1 aromatic rings. The number of likely N-dealkylation sites (N-methyl/N-ethyl adjacent to an activating group) is 1. The third-order valence-electron chi connectivity index (χ3n) is 3.99. The molecule has 0 aliphatic carbocycles. The molecule has 0 aromatic heterocycles. The molecular weight excluding hydrogens is 307 g/mol. The third kappa shape index (κ3) is 5.23. The van der Waals surface area contributed by atoms with Gasteiger partial charge >= 0.3 is 0 Å². The van der Waals surface area contributed by atoms with Crippen molar-refractivity contribution in [3.8, 4) is 0 Å². The molecule has 0 radical (unpaired) electrons. The molecule has 6 heteroatoms. The molecule has 0 saturated heterocycles. The second kappa shape index (κ2) is 8.46. The molecule has 0 bridgehead atoms. The number of hydrogen-bond donors (Lipinski definition) is 2. The van der Waals surface area contributed by atoms with E-state index in [1.165, 1.54) is 17.0 Å². The molecule has 0 aliphatic rings. The Hall–Kier alpha value is -1.17. The first kappa shape index (κ1) is 18.9. The van der Waals surface area contributed by atoms with Crippen LogP contribution in [-0.2, 0) is 11.3 Å². The average Bonchev–Trinajstić information content (AvgIpc) is 2.48. The molecule has 124 valence electrons. The lowest BCUT2D eigenvalue weighted by molar-refractivity contribution is -0.129. The lowest BCUT2D eigenvalue weighted by Crippen LogP contribution is -2.47. The fourth-order valence-electron chi connectivity index (χ4n) is 2.07. The quantitative estimate of drug-likeness (QED) is 0.770. The number of carbonyl (C=O) groups is 1. The Bertz CT molecular complexity index is 493. The van der Waals surface area contributed by atoms with Crippen LogP contribution >= 0.6 is 11.6 Å². The Kier molecular flexibility index (Phi) is 7.26. The van der Waals surface area contributed by atoms with E-state index < -0.39 is 5.82 Å². The van der Waals surface area contributed by atoms with Gasteiger partial charge in [-0.15, -0.1) is 0 Å². The van der Waals surface area contributed by atoms with Gasteiger partial charge in [0.1, 0.15) is 5.82 Å². The van der Waals surface area contributed by atoms with Gasteiger partial charge in [0.05, 0.1) is 6.54 Å². The van der Waals surface area contributed by atoms with Crippen LogP contribution in [0.5, 0.6) is 0 Å². The SMILES string of the molecule is CC[C@](C)(CCO)NCC(=O)N(C)Cc1c(F)cccc1Cl. The van der Waals surface area contributed by atoms with E-state index in [1.54, 1.807) is 13.1 Å². The second-order valence-corrected chi connectivity index (χ2v) is 6.10. The number of nitrogens with zero attached hydrogens (tertiary/aromatic N) is 1. The van der Waals surface area contributed by atoms with Crippen LogP contribution in [0.25, 0.3) is 0 Å². The molecule has 0 aliphatic heterocycles. The van der Waals surface area contributed by atoms with Crippen molar-refractivity contribution in [2.75, 3.05) is 20.2 Å². The molecule has 0 fully saturated rings. The van der Waals surface area contributed by atoms with E-state index in [2.05, 4.69) is 5.32 Å². The topological polar surface area (TPSA) is 52.6 Å². The van der Waals surface area contributed by atoms with Crippen LogP contribution in [0.1, 0.15) is 32.3 Å². The van der Waals surface area contributed by atoms with Gasteiger partial charge in [-0.2, -0.15) is 0 Å². The summed E-state index contributed by atoms with van der Waals surface area (Å²) in [7, 11) is 1.61. The zero-order valence-electron chi connectivity index (χ0n) is 13.3. The lowest BCUT2D eigenvalue weighted by Gasteiger charge is -2.30. The van der Waals surface area contributed by atoms with Crippen molar-refractivity contribution < 1.29 is 14.3 Å². The van der Waals surface area contributed by atoms with Gasteiger partial charge < -0.3 is 15.3 Å². The van der Waals surface area contributed by atoms with E-state index in [1.807, 2.05) is 13.8 Å². The molecular formula is C16H24ClFN2O2. The van der Waals surface area contributed by atoms with Crippen molar-refractivity contribution in [1.29, 1.82) is 0 Å². The highest BCUT2D eigenvalue weighted by Gasteiger charge is 2.23. The predicted octanol–water partition coefficient (Wildman–Crippen LogP) is 2.58. The van der Waals surface area contributed by atoms with E-state index in [4.69, 9.17) is 16.7 Å². The highest BCUT2D eigenvalue weighted by Crippen LogP contribution is 2.20. The van der Waals surface area contributed by atoms with E-state index >= 15 is 0 Å². The normalized spacial score (nSPS) is 13.7. The van der Waals surface area contributed by atoms with Crippen LogP contribution in [-0.4, -0.2) is 41.7 Å². The smallest absolute Gasteiger partial charge is 0.236 e. The zero-order valence-corrected chi connectivity index (χ0v) is 14.1. The van der Waals surface area contributed by atoms with Gasteiger partial charge in [0.15, 0.2) is 0 Å². The largest absolute Gasteiger partial charge is 0.396 e. The molecule has 2 N–H and O–H groups in total. The Morgan fingerprint density at radius 1 is 1.50 bits per heavy atom. The third-order valence-corrected chi connectivity index (χ3v) is 4.35. The van der Waals surface area contributed by atoms with Crippen molar-refractivity contribution in [2.45, 2.75) is 38.8 Å². The molecule has 0 unspecified atom stereocenters. The van der Waals surface area contributed by atoms with Gasteiger partial charge in [0.25, 0.3) is 0 Å². The summed E-state index contributed by atoms with van der Waals surface area (Å²) in [6.45, 7) is 4.27. The van der Waals surface area contributed by atoms with Crippen molar-refractivity contribution >= 4 is 17.5 Å². The first-order valence-electron chi connectivity index (χ1n) is 7.35. The number of rotatable bonds is 8. The number of benzene rings is 1. The second-order valence-electron chi connectivity index (χ2n) is 5.69. The minimum absolute atomic E-state index is 0.0617. The van der Waals surface area contributed by atoms with Gasteiger partial charge in [-0.05, 0) is 31.9 Å². The van der Waals surface area contributed by atoms with Crippen molar-refractivity contribution in [3.63, 3.8) is 0 Å². The summed E-state index contributed by atoms with van der Waals surface area (Å²) < 4.78 is 13.7. The summed E-state index contributed by atoms with van der Waals surface area (Å²) in [5, 5.41) is 12.5. The Balaban J connectivity index is 2.62. The van der Waals surface area contributed by atoms with Crippen molar-refractivity contribution in [1.82, 2.24) is 10.2 Å². The maximum Gasteiger partial charge on any atom is 0.236 e. The van der Waals surface area contributed by atoms with Gasteiger partial charge in [0, 0.05) is 36.3 Å². The Morgan fingerprint density at radius 3 is 2.73 bits per heavy atom. The minimum Gasteiger partial charge on any atom is -0.396 e. The summed E-state index contributed by atoms with van der Waals surface area (Å²) in [4.78, 5) is 13.6. The standard InChI is InChI=1S/C16H24ClFN2O2/c1-4-16(2,8-9-21)19-10-15(22)20(3)11-12-13(17)6-5-7-14(12)18/h5-7,19,21H,4,8-11H2,1-3H3/t16-/m1/s1. The van der Waals surface area contributed by atoms with Gasteiger partial charge in [-0.25, -0.2) is 4.39 Å². The van der Waals surface area contributed by atoms with Crippen LogP contribution in [0.15, 0.2) is 18.2 Å². The molecule has 0 heterocycles. The number of carbonyl (C=O) groups excluding carboxylic acids is 1. The first-order valence-corrected chi connectivity index (χ1v) is 7.73. The molecule has 4 nitrogen and oxygen atoms in total. The van der Waals surface area contributed by atoms with Crippen LogP contribution in [0.3, 0.4) is 0 Å². The van der Waals surface area contributed by atoms with Gasteiger partial charge in [0.2, 0.25) is 5.91 Å². The molecule has 22 heavy (non-hydrogen) atoms. The maximum absolute atomic E-state index is 13.7. The summed E-state index contributed by atoms with van der Waals surface area (Å²) >= 11 is 5.97. The van der Waals surface area contributed by atoms with Crippen molar-refractivity contribution in [2.24, 2.45) is 0 Å². The number of hydrogen-bond acceptors (Lipinski definition) is 3. The van der Waals surface area contributed by atoms with Gasteiger partial charge in [-0.1, -0.05) is 24.6 Å². The number of aliphatic hydroxyl groups excluding tert-OH is 1. The predicted molar refractivity (Wildman–Crippen MR) is 86.3 cm³/mol. The van der Waals surface area contributed by atoms with E-state index in [-0.39, 0.29) is 31.1 Å². The molecule has 1 rings (SSSR count). The fourth-order valence-corrected chi connectivity index (χ4v) is 2.29. The number of amides is 1. The molecule has 1 amide bonds. The van der Waals surface area contributed by atoms with Crippen LogP contribution < -0.4 is 5.32 Å². The molecule has 0 saturated carbocycles. The summed E-state index contributed by atoms with van der Waals surface area (Å²) in [5.41, 5.74) is 0.0228. The Morgan fingerprint density at radius 2 is 2.18 bits per heavy atom. The first-order chi connectivity index (χ1) is 10.3. The van der Waals surface area contributed by atoms with E-state index in [0.29, 0.717) is 17.0 Å². The average molecular weight is 331 g/mol. The monoisotopic (exact) mass is 330 g/mol. The Labute approximate surface area is 136 Å². The highest BCUT2D eigenvalue weighted by atomic mass is 35.5. The molecule has 0 spiro atoms. The molecule has 1 aromatic carbocycles. The van der Waals surface area contributed by atoms with Gasteiger partial charge in [-0.3, -0.25) is 4.79 Å². The van der Waals surface area contributed by atoms with E-state index in [9.17, 15) is 9.18 Å². The number of nitrogens with one attached hydrogen (secondary N) is 1. The van der Waals surface area contributed by atoms with Crippen LogP contribution in [0, 0.1) is 5.82 Å². The number of halogens is 2. The fraction of sp³-hybridized carbons (Fsp3) is 0.562. The highest BCUT2D eigenvalue weighted by molar-refractivity contribution is 6.31. The zero-order chi connectivity index (χ0) is 16.8. The summed E-state index contributed by atoms with van der Waals surface area (Å²) in [6.07, 6.45) is 1.36. The van der Waals surface area contributed by atoms with Crippen LogP contribution in [0.2, 0.25) is 5.02 Å². The minimum atomic E-state index is -0.418. The number of aliphatic hydroxyl groups is 1. The molecule has 1 atom stereocenters. The van der Waals surface area contributed by atoms with E-state index in [0.717, 1.165) is 6.42 Å². The van der Waals surface area contributed by atoms with Crippen molar-refractivity contribution in [3.05, 3.63) is 34.6 Å². The maximum atomic E-state index is 13.7. The van der Waals surface area contributed by atoms with Crippen LogP contribution in [0.4, 0.5) is 4.39 Å². The summed E-state index contributed by atoms with van der Waals surface area (Å²) in [6, 6.07) is 4.46.